The van der Waals surface area contributed by atoms with Gasteiger partial charge < -0.3 is 15.5 Å². The molecule has 2 rings (SSSR count). The Balaban J connectivity index is 1.66. The summed E-state index contributed by atoms with van der Waals surface area (Å²) in [5, 5.41) is 22.6. The summed E-state index contributed by atoms with van der Waals surface area (Å²) in [6.07, 6.45) is 2.46. The predicted molar refractivity (Wildman–Crippen MR) is 99.4 cm³/mol. The van der Waals surface area contributed by atoms with E-state index in [1.807, 2.05) is 48.5 Å². The molecular weight excluding hydrogens is 314 g/mol. The highest BCUT2D eigenvalue weighted by Crippen LogP contribution is 2.15. The van der Waals surface area contributed by atoms with Crippen LogP contribution in [0.5, 0.6) is 0 Å². The van der Waals surface area contributed by atoms with Crippen LogP contribution in [0.4, 0.5) is 0 Å². The van der Waals surface area contributed by atoms with Crippen molar-refractivity contribution in [2.24, 2.45) is 5.92 Å². The van der Waals surface area contributed by atoms with Crippen LogP contribution < -0.4 is 5.32 Å². The van der Waals surface area contributed by atoms with Crippen LogP contribution in [-0.4, -0.2) is 29.3 Å². The third-order valence-corrected chi connectivity index (χ3v) is 4.40. The van der Waals surface area contributed by atoms with E-state index in [0.717, 1.165) is 18.4 Å². The first-order valence-corrected chi connectivity index (χ1v) is 8.87. The van der Waals surface area contributed by atoms with Crippen LogP contribution in [-0.2, 0) is 11.2 Å². The topological polar surface area (TPSA) is 69.6 Å². The molecule has 0 aliphatic rings. The van der Waals surface area contributed by atoms with E-state index >= 15 is 0 Å². The van der Waals surface area contributed by atoms with Crippen LogP contribution in [0.25, 0.3) is 0 Å². The highest BCUT2D eigenvalue weighted by molar-refractivity contribution is 5.69. The van der Waals surface area contributed by atoms with Crippen molar-refractivity contribution in [2.45, 2.75) is 31.8 Å². The van der Waals surface area contributed by atoms with E-state index in [4.69, 9.17) is 0 Å². The van der Waals surface area contributed by atoms with Gasteiger partial charge >= 0.3 is 5.97 Å². The van der Waals surface area contributed by atoms with Crippen molar-refractivity contribution in [3.05, 3.63) is 71.8 Å². The summed E-state index contributed by atoms with van der Waals surface area (Å²) in [7, 11) is 0. The SMILES string of the molecule is O=C(O)C(CCCc1ccccc1)CCNCC(O)c1ccccc1. The van der Waals surface area contributed by atoms with Gasteiger partial charge in [-0.25, -0.2) is 0 Å². The van der Waals surface area contributed by atoms with Gasteiger partial charge in [-0.3, -0.25) is 4.79 Å². The first kappa shape index (κ1) is 19.2. The van der Waals surface area contributed by atoms with Crippen molar-refractivity contribution in [3.8, 4) is 0 Å². The maximum Gasteiger partial charge on any atom is 0.306 e. The smallest absolute Gasteiger partial charge is 0.306 e. The molecule has 0 spiro atoms. The van der Waals surface area contributed by atoms with Crippen LogP contribution in [0, 0.1) is 5.92 Å². The summed E-state index contributed by atoms with van der Waals surface area (Å²) < 4.78 is 0. The average Bonchev–Trinajstić information content (AvgIpc) is 2.64. The molecular formula is C21H27NO3. The number of aliphatic carboxylic acids is 1. The number of aliphatic hydroxyl groups is 1. The second-order valence-corrected chi connectivity index (χ2v) is 6.33. The molecule has 0 aliphatic carbocycles. The Morgan fingerprint density at radius 1 is 0.960 bits per heavy atom. The molecule has 2 atom stereocenters. The number of aliphatic hydroxyl groups excluding tert-OH is 1. The van der Waals surface area contributed by atoms with Crippen molar-refractivity contribution in [1.82, 2.24) is 5.32 Å². The summed E-state index contributed by atoms with van der Waals surface area (Å²) in [5.74, 6) is -1.08. The molecule has 0 bridgehead atoms. The lowest BCUT2D eigenvalue weighted by molar-refractivity contribution is -0.142. The number of hydrogen-bond acceptors (Lipinski definition) is 3. The highest BCUT2D eigenvalue weighted by Gasteiger charge is 2.17. The number of rotatable bonds is 11. The van der Waals surface area contributed by atoms with Gasteiger partial charge in [0.05, 0.1) is 12.0 Å². The molecule has 0 aromatic heterocycles. The Morgan fingerprint density at radius 3 is 2.24 bits per heavy atom. The largest absolute Gasteiger partial charge is 0.481 e. The number of aryl methyl sites for hydroxylation is 1. The zero-order valence-corrected chi connectivity index (χ0v) is 14.5. The molecule has 134 valence electrons. The lowest BCUT2D eigenvalue weighted by Crippen LogP contribution is -2.26. The molecule has 0 amide bonds. The summed E-state index contributed by atoms with van der Waals surface area (Å²) >= 11 is 0. The Bertz CT molecular complexity index is 616. The van der Waals surface area contributed by atoms with Crippen LogP contribution in [0.3, 0.4) is 0 Å². The van der Waals surface area contributed by atoms with Gasteiger partial charge in [0.15, 0.2) is 0 Å². The van der Waals surface area contributed by atoms with Gasteiger partial charge in [0, 0.05) is 6.54 Å². The fraction of sp³-hybridized carbons (Fsp3) is 0.381. The zero-order chi connectivity index (χ0) is 17.9. The molecule has 25 heavy (non-hydrogen) atoms. The zero-order valence-electron chi connectivity index (χ0n) is 14.5. The predicted octanol–water partition coefficient (Wildman–Crippen LogP) is 3.42. The Hall–Kier alpha value is -2.17. The van der Waals surface area contributed by atoms with Crippen LogP contribution in [0.15, 0.2) is 60.7 Å². The van der Waals surface area contributed by atoms with E-state index in [1.165, 1.54) is 5.56 Å². The summed E-state index contributed by atoms with van der Waals surface area (Å²) in [6.45, 7) is 1.02. The standard InChI is InChI=1S/C21H27NO3/c23-20(18-11-5-2-6-12-18)16-22-15-14-19(21(24)25)13-7-10-17-8-3-1-4-9-17/h1-6,8-9,11-12,19-20,22-23H,7,10,13-16H2,(H,24,25). The van der Waals surface area contributed by atoms with E-state index in [9.17, 15) is 15.0 Å². The second kappa shape index (κ2) is 10.6. The van der Waals surface area contributed by atoms with Crippen molar-refractivity contribution in [1.29, 1.82) is 0 Å². The molecule has 0 fully saturated rings. The molecule has 0 radical (unpaired) electrons. The van der Waals surface area contributed by atoms with E-state index < -0.39 is 12.1 Å². The average molecular weight is 341 g/mol. The minimum absolute atomic E-state index is 0.343. The molecule has 0 heterocycles. The van der Waals surface area contributed by atoms with Gasteiger partial charge in [-0.15, -0.1) is 0 Å². The van der Waals surface area contributed by atoms with Gasteiger partial charge in [-0.05, 0) is 43.4 Å². The minimum Gasteiger partial charge on any atom is -0.481 e. The van der Waals surface area contributed by atoms with Crippen LogP contribution >= 0.6 is 0 Å². The monoisotopic (exact) mass is 341 g/mol. The van der Waals surface area contributed by atoms with E-state index in [2.05, 4.69) is 17.4 Å². The molecule has 4 nitrogen and oxygen atoms in total. The molecule has 3 N–H and O–H groups in total. The number of benzene rings is 2. The Kier molecular flexibility index (Phi) is 8.16. The van der Waals surface area contributed by atoms with Crippen molar-refractivity contribution >= 4 is 5.97 Å². The van der Waals surface area contributed by atoms with Gasteiger partial charge in [-0.2, -0.15) is 0 Å². The summed E-state index contributed by atoms with van der Waals surface area (Å²) in [5.41, 5.74) is 2.11. The fourth-order valence-electron chi connectivity index (χ4n) is 2.90. The van der Waals surface area contributed by atoms with Gasteiger partial charge in [-0.1, -0.05) is 60.7 Å². The number of carboxylic acid groups (broad SMARTS) is 1. The number of carbonyl (C=O) groups is 1. The quantitative estimate of drug-likeness (QED) is 0.548. The minimum atomic E-state index is -0.738. The maximum atomic E-state index is 11.4. The number of hydrogen-bond donors (Lipinski definition) is 3. The molecule has 0 saturated heterocycles. The summed E-state index contributed by atoms with van der Waals surface area (Å²) in [6, 6.07) is 19.6. The first-order chi connectivity index (χ1) is 12.2. The highest BCUT2D eigenvalue weighted by atomic mass is 16.4. The van der Waals surface area contributed by atoms with E-state index in [1.54, 1.807) is 0 Å². The van der Waals surface area contributed by atoms with Crippen LogP contribution in [0.2, 0.25) is 0 Å². The lowest BCUT2D eigenvalue weighted by atomic mass is 9.96. The van der Waals surface area contributed by atoms with E-state index in [0.29, 0.717) is 25.9 Å². The molecule has 2 unspecified atom stereocenters. The summed E-state index contributed by atoms with van der Waals surface area (Å²) in [4.78, 5) is 11.4. The number of nitrogens with one attached hydrogen (secondary N) is 1. The van der Waals surface area contributed by atoms with Crippen LogP contribution in [0.1, 0.15) is 36.5 Å². The molecule has 0 aliphatic heterocycles. The third kappa shape index (κ3) is 7.08. The number of carboxylic acids is 1. The second-order valence-electron chi connectivity index (χ2n) is 6.33. The van der Waals surface area contributed by atoms with Crippen molar-refractivity contribution < 1.29 is 15.0 Å². The van der Waals surface area contributed by atoms with Gasteiger partial charge in [0.1, 0.15) is 0 Å². The first-order valence-electron chi connectivity index (χ1n) is 8.87. The van der Waals surface area contributed by atoms with Crippen molar-refractivity contribution in [2.75, 3.05) is 13.1 Å². The molecule has 2 aromatic carbocycles. The molecule has 4 heteroatoms. The molecule has 2 aromatic rings. The maximum absolute atomic E-state index is 11.4. The normalized spacial score (nSPS) is 13.3. The van der Waals surface area contributed by atoms with Crippen molar-refractivity contribution in [3.63, 3.8) is 0 Å². The third-order valence-electron chi connectivity index (χ3n) is 4.40. The lowest BCUT2D eigenvalue weighted by Gasteiger charge is -2.15. The van der Waals surface area contributed by atoms with Gasteiger partial charge in [0.25, 0.3) is 0 Å². The molecule has 0 saturated carbocycles. The fourth-order valence-corrected chi connectivity index (χ4v) is 2.90. The van der Waals surface area contributed by atoms with Gasteiger partial charge in [0.2, 0.25) is 0 Å². The Labute approximate surface area is 149 Å². The van der Waals surface area contributed by atoms with E-state index in [-0.39, 0.29) is 5.92 Å². The Morgan fingerprint density at radius 2 is 1.60 bits per heavy atom.